The fourth-order valence-electron chi connectivity index (χ4n) is 2.58. The first kappa shape index (κ1) is 15.9. The molecule has 21 heavy (non-hydrogen) atoms. The Bertz CT molecular complexity index is 451. The number of hydrogen-bond donors (Lipinski definition) is 1. The number of likely N-dealkylation sites (tertiary alicyclic amines) is 1. The topological polar surface area (TPSA) is 54.7 Å². The average Bonchev–Trinajstić information content (AvgIpc) is 2.91. The molecule has 1 N–H and O–H groups in total. The van der Waals surface area contributed by atoms with E-state index < -0.39 is 5.60 Å². The van der Waals surface area contributed by atoms with Gasteiger partial charge in [0.25, 0.3) is 0 Å². The number of furan rings is 1. The minimum Gasteiger partial charge on any atom is -0.468 e. The predicted molar refractivity (Wildman–Crippen MR) is 81.1 cm³/mol. The van der Waals surface area contributed by atoms with Crippen LogP contribution >= 0.6 is 0 Å². The predicted octanol–water partition coefficient (Wildman–Crippen LogP) is 3.33. The zero-order chi connectivity index (χ0) is 15.5. The molecule has 1 aromatic heterocycles. The van der Waals surface area contributed by atoms with Gasteiger partial charge in [0.1, 0.15) is 11.4 Å². The molecule has 0 saturated carbocycles. The molecule has 1 amide bonds. The number of nitrogens with zero attached hydrogens (tertiary/aromatic N) is 1. The maximum atomic E-state index is 12.1. The van der Waals surface area contributed by atoms with E-state index >= 15 is 0 Å². The van der Waals surface area contributed by atoms with Gasteiger partial charge in [-0.2, -0.15) is 0 Å². The smallest absolute Gasteiger partial charge is 0.410 e. The Morgan fingerprint density at radius 3 is 2.90 bits per heavy atom. The van der Waals surface area contributed by atoms with Crippen LogP contribution in [0.5, 0.6) is 0 Å². The Labute approximate surface area is 126 Å². The lowest BCUT2D eigenvalue weighted by Crippen LogP contribution is -2.49. The van der Waals surface area contributed by atoms with E-state index in [0.717, 1.165) is 25.1 Å². The first-order valence-corrected chi connectivity index (χ1v) is 7.62. The highest BCUT2D eigenvalue weighted by Gasteiger charge is 2.28. The van der Waals surface area contributed by atoms with Crippen molar-refractivity contribution >= 4 is 6.09 Å². The van der Waals surface area contributed by atoms with Gasteiger partial charge in [-0.15, -0.1) is 0 Å². The maximum Gasteiger partial charge on any atom is 0.410 e. The molecule has 2 atom stereocenters. The van der Waals surface area contributed by atoms with Crippen molar-refractivity contribution in [3.63, 3.8) is 0 Å². The van der Waals surface area contributed by atoms with Gasteiger partial charge in [-0.3, -0.25) is 0 Å². The Hall–Kier alpha value is -1.49. The molecule has 0 aliphatic carbocycles. The van der Waals surface area contributed by atoms with Crippen LogP contribution in [0.4, 0.5) is 4.79 Å². The van der Waals surface area contributed by atoms with E-state index in [1.54, 1.807) is 11.2 Å². The number of amides is 1. The lowest BCUT2D eigenvalue weighted by atomic mass is 10.0. The first-order valence-electron chi connectivity index (χ1n) is 7.62. The summed E-state index contributed by atoms with van der Waals surface area (Å²) in [4.78, 5) is 13.9. The number of nitrogens with one attached hydrogen (secondary N) is 1. The van der Waals surface area contributed by atoms with Crippen LogP contribution in [-0.2, 0) is 4.74 Å². The normalized spacial score (nSPS) is 21.1. The number of piperidine rings is 1. The zero-order valence-electron chi connectivity index (χ0n) is 13.4. The molecule has 2 unspecified atom stereocenters. The van der Waals surface area contributed by atoms with E-state index in [2.05, 4.69) is 12.2 Å². The van der Waals surface area contributed by atoms with Gasteiger partial charge in [-0.1, -0.05) is 0 Å². The monoisotopic (exact) mass is 294 g/mol. The van der Waals surface area contributed by atoms with E-state index in [1.165, 1.54) is 0 Å². The van der Waals surface area contributed by atoms with Crippen LogP contribution in [-0.4, -0.2) is 35.7 Å². The van der Waals surface area contributed by atoms with E-state index in [4.69, 9.17) is 9.15 Å². The largest absolute Gasteiger partial charge is 0.468 e. The second-order valence-electron chi connectivity index (χ2n) is 6.67. The summed E-state index contributed by atoms with van der Waals surface area (Å²) >= 11 is 0. The molecule has 1 aromatic rings. The van der Waals surface area contributed by atoms with Crippen LogP contribution in [0.1, 0.15) is 52.3 Å². The summed E-state index contributed by atoms with van der Waals surface area (Å²) in [7, 11) is 0. The summed E-state index contributed by atoms with van der Waals surface area (Å²) in [5, 5.41) is 3.53. The molecule has 2 heterocycles. The molecule has 0 aromatic carbocycles. The van der Waals surface area contributed by atoms with Crippen LogP contribution in [0.2, 0.25) is 0 Å². The van der Waals surface area contributed by atoms with Gasteiger partial charge in [-0.05, 0) is 52.7 Å². The van der Waals surface area contributed by atoms with E-state index in [-0.39, 0.29) is 18.2 Å². The Kier molecular flexibility index (Phi) is 4.93. The third kappa shape index (κ3) is 4.77. The molecule has 1 fully saturated rings. The molecule has 2 rings (SSSR count). The fraction of sp³-hybridized carbons (Fsp3) is 0.688. The minimum absolute atomic E-state index is 0.142. The molecule has 1 aliphatic rings. The first-order chi connectivity index (χ1) is 9.85. The summed E-state index contributed by atoms with van der Waals surface area (Å²) in [6.45, 7) is 9.20. The SMILES string of the molecule is CC(NC1CCCN(C(=O)OC(C)(C)C)C1)c1ccco1. The van der Waals surface area contributed by atoms with Crippen LogP contribution in [0.25, 0.3) is 0 Å². The Balaban J connectivity index is 1.87. The average molecular weight is 294 g/mol. The quantitative estimate of drug-likeness (QED) is 0.929. The third-order valence-corrected chi connectivity index (χ3v) is 3.53. The molecule has 1 aliphatic heterocycles. The summed E-state index contributed by atoms with van der Waals surface area (Å²) in [5.41, 5.74) is -0.446. The van der Waals surface area contributed by atoms with Crippen molar-refractivity contribution in [2.24, 2.45) is 0 Å². The second-order valence-corrected chi connectivity index (χ2v) is 6.67. The molecule has 1 saturated heterocycles. The van der Waals surface area contributed by atoms with Crippen LogP contribution in [0, 0.1) is 0 Å². The van der Waals surface area contributed by atoms with Gasteiger partial charge in [-0.25, -0.2) is 4.79 Å². The zero-order valence-corrected chi connectivity index (χ0v) is 13.4. The standard InChI is InChI=1S/C16H26N2O3/c1-12(14-8-6-10-20-14)17-13-7-5-9-18(11-13)15(19)21-16(2,3)4/h6,8,10,12-13,17H,5,7,9,11H2,1-4H3. The highest BCUT2D eigenvalue weighted by Crippen LogP contribution is 2.19. The fourth-order valence-corrected chi connectivity index (χ4v) is 2.58. The second kappa shape index (κ2) is 6.52. The Morgan fingerprint density at radius 1 is 1.52 bits per heavy atom. The van der Waals surface area contributed by atoms with Gasteiger partial charge >= 0.3 is 6.09 Å². The summed E-state index contributed by atoms with van der Waals surface area (Å²) < 4.78 is 10.9. The molecule has 0 spiro atoms. The van der Waals surface area contributed by atoms with Crippen LogP contribution in [0.3, 0.4) is 0 Å². The molecule has 5 heteroatoms. The summed E-state index contributed by atoms with van der Waals surface area (Å²) in [5.74, 6) is 0.921. The lowest BCUT2D eigenvalue weighted by Gasteiger charge is -2.35. The minimum atomic E-state index is -0.446. The molecule has 118 valence electrons. The third-order valence-electron chi connectivity index (χ3n) is 3.53. The number of ether oxygens (including phenoxy) is 1. The van der Waals surface area contributed by atoms with Crippen LogP contribution in [0.15, 0.2) is 22.8 Å². The highest BCUT2D eigenvalue weighted by atomic mass is 16.6. The van der Waals surface area contributed by atoms with Crippen molar-refractivity contribution in [3.8, 4) is 0 Å². The number of carbonyl (C=O) groups excluding carboxylic acids is 1. The van der Waals surface area contributed by atoms with E-state index in [1.807, 2.05) is 32.9 Å². The molecule has 5 nitrogen and oxygen atoms in total. The van der Waals surface area contributed by atoms with E-state index in [0.29, 0.717) is 6.54 Å². The highest BCUT2D eigenvalue weighted by molar-refractivity contribution is 5.68. The van der Waals surface area contributed by atoms with Gasteiger partial charge < -0.3 is 19.4 Å². The van der Waals surface area contributed by atoms with Crippen molar-refractivity contribution in [3.05, 3.63) is 24.2 Å². The molecule has 0 radical (unpaired) electrons. The van der Waals surface area contributed by atoms with Crippen molar-refractivity contribution in [2.75, 3.05) is 13.1 Å². The summed E-state index contributed by atoms with van der Waals surface area (Å²) in [6, 6.07) is 4.27. The van der Waals surface area contributed by atoms with E-state index in [9.17, 15) is 4.79 Å². The lowest BCUT2D eigenvalue weighted by molar-refractivity contribution is 0.0183. The molecule has 0 bridgehead atoms. The van der Waals surface area contributed by atoms with Gasteiger partial charge in [0.2, 0.25) is 0 Å². The van der Waals surface area contributed by atoms with Crippen molar-refractivity contribution in [2.45, 2.75) is 58.2 Å². The molecular weight excluding hydrogens is 268 g/mol. The van der Waals surface area contributed by atoms with Gasteiger partial charge in [0.15, 0.2) is 0 Å². The maximum absolute atomic E-state index is 12.1. The molecular formula is C16H26N2O3. The van der Waals surface area contributed by atoms with Crippen molar-refractivity contribution < 1.29 is 13.9 Å². The number of hydrogen-bond acceptors (Lipinski definition) is 4. The Morgan fingerprint density at radius 2 is 2.29 bits per heavy atom. The number of rotatable bonds is 3. The van der Waals surface area contributed by atoms with Gasteiger partial charge in [0.05, 0.1) is 12.3 Å². The number of carbonyl (C=O) groups is 1. The summed E-state index contributed by atoms with van der Waals surface area (Å²) in [6.07, 6.45) is 3.51. The van der Waals surface area contributed by atoms with Crippen molar-refractivity contribution in [1.29, 1.82) is 0 Å². The van der Waals surface area contributed by atoms with Crippen molar-refractivity contribution in [1.82, 2.24) is 10.2 Å². The van der Waals surface area contributed by atoms with Crippen LogP contribution < -0.4 is 5.32 Å². The van der Waals surface area contributed by atoms with Gasteiger partial charge in [0, 0.05) is 19.1 Å².